The largest absolute Gasteiger partial charge is 0.379 e. The summed E-state index contributed by atoms with van der Waals surface area (Å²) in [6.07, 6.45) is 8.14. The normalized spacial score (nSPS) is 29.0. The lowest BCUT2D eigenvalue weighted by Crippen LogP contribution is -2.23. The molecule has 1 rings (SSSR count). The van der Waals surface area contributed by atoms with Crippen LogP contribution in [0.3, 0.4) is 0 Å². The van der Waals surface area contributed by atoms with E-state index in [4.69, 9.17) is 6.42 Å². The lowest BCUT2D eigenvalue weighted by atomic mass is 10.1. The van der Waals surface area contributed by atoms with Gasteiger partial charge in [-0.3, -0.25) is 0 Å². The van der Waals surface area contributed by atoms with Gasteiger partial charge in [-0.1, -0.05) is 12.3 Å². The van der Waals surface area contributed by atoms with Crippen LogP contribution in [0.15, 0.2) is 0 Å². The van der Waals surface area contributed by atoms with E-state index in [0.29, 0.717) is 5.25 Å². The second-order valence-corrected chi connectivity index (χ2v) is 3.86. The van der Waals surface area contributed by atoms with Crippen LogP contribution in [-0.2, 0) is 0 Å². The van der Waals surface area contributed by atoms with Crippen LogP contribution in [0.5, 0.6) is 0 Å². The molecule has 0 bridgehead atoms. The zero-order valence-corrected chi connectivity index (χ0v) is 6.73. The predicted octanol–water partition coefficient (Wildman–Crippen LogP) is 1.27. The van der Waals surface area contributed by atoms with E-state index in [-0.39, 0.29) is 0 Å². The van der Waals surface area contributed by atoms with Crippen LogP contribution >= 0.6 is 11.8 Å². The third kappa shape index (κ3) is 1.93. The molecule has 0 amide bonds. The Morgan fingerprint density at radius 2 is 2.40 bits per heavy atom. The monoisotopic (exact) mass is 156 g/mol. The molecule has 0 aliphatic carbocycles. The Bertz CT molecular complexity index is 133. The minimum absolute atomic E-state index is 0.304. The molecule has 0 spiro atoms. The Kier molecular flexibility index (Phi) is 3.11. The Balaban J connectivity index is 2.33. The number of rotatable bonds is 1. The zero-order chi connectivity index (χ0) is 7.40. The molecule has 1 aliphatic rings. The summed E-state index contributed by atoms with van der Waals surface area (Å²) in [6, 6.07) is 0. The fraction of sp³-hybridized carbons (Fsp3) is 0.750. The number of hydrogen-bond acceptors (Lipinski definition) is 2. The Hall–Kier alpha value is -0.130. The van der Waals surface area contributed by atoms with Gasteiger partial charge in [-0.2, -0.15) is 11.8 Å². The van der Waals surface area contributed by atoms with Crippen molar-refractivity contribution < 1.29 is 5.11 Å². The van der Waals surface area contributed by atoms with Gasteiger partial charge in [-0.25, -0.2) is 0 Å². The van der Waals surface area contributed by atoms with Crippen molar-refractivity contribution in [3.63, 3.8) is 0 Å². The molecule has 2 unspecified atom stereocenters. The maximum absolute atomic E-state index is 9.23. The lowest BCUT2D eigenvalue weighted by molar-refractivity contribution is 0.222. The summed E-state index contributed by atoms with van der Waals surface area (Å²) in [4.78, 5) is 0. The number of thioether (sulfide) groups is 1. The molecule has 0 radical (unpaired) electrons. The van der Waals surface area contributed by atoms with E-state index in [1.807, 2.05) is 0 Å². The first kappa shape index (κ1) is 7.97. The van der Waals surface area contributed by atoms with Crippen LogP contribution < -0.4 is 0 Å². The molecule has 56 valence electrons. The van der Waals surface area contributed by atoms with Gasteiger partial charge < -0.3 is 5.11 Å². The molecule has 1 aliphatic heterocycles. The molecule has 2 heteroatoms. The van der Waals surface area contributed by atoms with Gasteiger partial charge in [-0.15, -0.1) is 6.42 Å². The highest BCUT2D eigenvalue weighted by atomic mass is 32.2. The summed E-state index contributed by atoms with van der Waals surface area (Å²) in [7, 11) is 0. The third-order valence-electron chi connectivity index (χ3n) is 1.74. The van der Waals surface area contributed by atoms with Gasteiger partial charge in [-0.05, 0) is 18.6 Å². The van der Waals surface area contributed by atoms with Gasteiger partial charge in [0, 0.05) is 5.25 Å². The highest BCUT2D eigenvalue weighted by Crippen LogP contribution is 2.27. The SMILES string of the molecule is C#CC(O)C1CCCCS1. The summed E-state index contributed by atoms with van der Waals surface area (Å²) in [6.45, 7) is 0. The average molecular weight is 156 g/mol. The Labute approximate surface area is 66.2 Å². The van der Waals surface area contributed by atoms with Crippen LogP contribution in [0, 0.1) is 12.3 Å². The van der Waals surface area contributed by atoms with E-state index in [1.54, 1.807) is 11.8 Å². The first-order valence-corrected chi connectivity index (χ1v) is 4.65. The predicted molar refractivity (Wildman–Crippen MR) is 44.9 cm³/mol. The molecule has 1 saturated heterocycles. The minimum Gasteiger partial charge on any atom is -0.379 e. The van der Waals surface area contributed by atoms with E-state index in [1.165, 1.54) is 12.8 Å². The molecule has 0 aromatic rings. The van der Waals surface area contributed by atoms with E-state index >= 15 is 0 Å². The van der Waals surface area contributed by atoms with Crippen LogP contribution in [0.4, 0.5) is 0 Å². The topological polar surface area (TPSA) is 20.2 Å². The van der Waals surface area contributed by atoms with Gasteiger partial charge in [0.25, 0.3) is 0 Å². The van der Waals surface area contributed by atoms with Gasteiger partial charge in [0.15, 0.2) is 0 Å². The van der Waals surface area contributed by atoms with Crippen LogP contribution in [0.1, 0.15) is 19.3 Å². The molecular formula is C8H12OS. The Morgan fingerprint density at radius 3 is 2.90 bits per heavy atom. The van der Waals surface area contributed by atoms with Crippen molar-refractivity contribution in [2.75, 3.05) is 5.75 Å². The summed E-state index contributed by atoms with van der Waals surface area (Å²) >= 11 is 1.80. The molecule has 2 atom stereocenters. The Morgan fingerprint density at radius 1 is 1.60 bits per heavy atom. The second-order valence-electron chi connectivity index (χ2n) is 2.52. The highest BCUT2D eigenvalue weighted by molar-refractivity contribution is 8.00. The van der Waals surface area contributed by atoms with Crippen molar-refractivity contribution in [3.05, 3.63) is 0 Å². The average Bonchev–Trinajstić information content (AvgIpc) is 2.05. The van der Waals surface area contributed by atoms with Crippen molar-refractivity contribution in [1.29, 1.82) is 0 Å². The summed E-state index contributed by atoms with van der Waals surface area (Å²) < 4.78 is 0. The summed E-state index contributed by atoms with van der Waals surface area (Å²) in [5.74, 6) is 3.53. The molecule has 0 aromatic heterocycles. The quantitative estimate of drug-likeness (QED) is 0.577. The van der Waals surface area contributed by atoms with Crippen LogP contribution in [-0.4, -0.2) is 22.2 Å². The molecule has 0 saturated carbocycles. The molecule has 1 N–H and O–H groups in total. The minimum atomic E-state index is -0.523. The molecule has 10 heavy (non-hydrogen) atoms. The van der Waals surface area contributed by atoms with Crippen molar-refractivity contribution in [2.24, 2.45) is 0 Å². The molecule has 1 nitrogen and oxygen atoms in total. The third-order valence-corrected chi connectivity index (χ3v) is 3.18. The second kappa shape index (κ2) is 3.90. The maximum atomic E-state index is 9.23. The van der Waals surface area contributed by atoms with Crippen molar-refractivity contribution in [3.8, 4) is 12.3 Å². The number of terminal acetylenes is 1. The first-order chi connectivity index (χ1) is 4.84. The fourth-order valence-corrected chi connectivity index (χ4v) is 2.39. The van der Waals surface area contributed by atoms with Crippen LogP contribution in [0.2, 0.25) is 0 Å². The molecule has 0 aromatic carbocycles. The van der Waals surface area contributed by atoms with E-state index < -0.39 is 6.10 Å². The standard InChI is InChI=1S/C8H12OS/c1-2-7(9)8-5-3-4-6-10-8/h1,7-9H,3-6H2. The van der Waals surface area contributed by atoms with E-state index in [0.717, 1.165) is 12.2 Å². The highest BCUT2D eigenvalue weighted by Gasteiger charge is 2.19. The van der Waals surface area contributed by atoms with E-state index in [2.05, 4.69) is 5.92 Å². The fourth-order valence-electron chi connectivity index (χ4n) is 1.12. The zero-order valence-electron chi connectivity index (χ0n) is 5.92. The van der Waals surface area contributed by atoms with Gasteiger partial charge in [0.2, 0.25) is 0 Å². The number of hydrogen-bond donors (Lipinski definition) is 1. The van der Waals surface area contributed by atoms with Crippen molar-refractivity contribution in [1.82, 2.24) is 0 Å². The molecular weight excluding hydrogens is 144 g/mol. The number of aliphatic hydroxyl groups excluding tert-OH is 1. The van der Waals surface area contributed by atoms with Gasteiger partial charge >= 0.3 is 0 Å². The van der Waals surface area contributed by atoms with Gasteiger partial charge in [0.05, 0.1) is 0 Å². The summed E-state index contributed by atoms with van der Waals surface area (Å²) in [5.41, 5.74) is 0. The molecule has 1 heterocycles. The lowest BCUT2D eigenvalue weighted by Gasteiger charge is -2.22. The molecule has 1 fully saturated rings. The van der Waals surface area contributed by atoms with Crippen molar-refractivity contribution >= 4 is 11.8 Å². The van der Waals surface area contributed by atoms with E-state index in [9.17, 15) is 5.11 Å². The summed E-state index contributed by atoms with van der Waals surface area (Å²) in [5, 5.41) is 9.53. The van der Waals surface area contributed by atoms with Gasteiger partial charge in [0.1, 0.15) is 6.10 Å². The van der Waals surface area contributed by atoms with Crippen molar-refractivity contribution in [2.45, 2.75) is 30.6 Å². The maximum Gasteiger partial charge on any atom is 0.126 e. The first-order valence-electron chi connectivity index (χ1n) is 3.60. The van der Waals surface area contributed by atoms with Crippen LogP contribution in [0.25, 0.3) is 0 Å². The smallest absolute Gasteiger partial charge is 0.126 e. The number of aliphatic hydroxyl groups is 1.